The first-order valence-electron chi connectivity index (χ1n) is 6.83. The molecule has 3 rings (SSSR count). The normalized spacial score (nSPS) is 10.8. The van der Waals surface area contributed by atoms with E-state index in [9.17, 15) is 5.11 Å². The van der Waals surface area contributed by atoms with Crippen molar-refractivity contribution in [3.05, 3.63) is 53.7 Å². The highest BCUT2D eigenvalue weighted by Gasteiger charge is 2.11. The van der Waals surface area contributed by atoms with Crippen LogP contribution in [-0.4, -0.2) is 17.2 Å². The first-order valence-corrected chi connectivity index (χ1v) is 6.83. The maximum atomic E-state index is 9.96. The molecule has 0 saturated heterocycles. The van der Waals surface area contributed by atoms with Crippen molar-refractivity contribution in [1.82, 2.24) is 4.98 Å². The van der Waals surface area contributed by atoms with Gasteiger partial charge in [-0.05, 0) is 60.4 Å². The van der Waals surface area contributed by atoms with Crippen LogP contribution in [0.25, 0.3) is 22.0 Å². The van der Waals surface area contributed by atoms with Gasteiger partial charge >= 0.3 is 0 Å². The number of hydrogen-bond donors (Lipinski definition) is 1. The summed E-state index contributed by atoms with van der Waals surface area (Å²) in [5, 5.41) is 10.9. The number of fused-ring (bicyclic) bond motifs is 1. The zero-order chi connectivity index (χ0) is 15.0. The summed E-state index contributed by atoms with van der Waals surface area (Å²) in [6, 6.07) is 11.7. The quantitative estimate of drug-likeness (QED) is 0.763. The minimum Gasteiger partial charge on any atom is -0.508 e. The van der Waals surface area contributed by atoms with E-state index >= 15 is 0 Å². The Morgan fingerprint density at radius 2 is 1.86 bits per heavy atom. The highest BCUT2D eigenvalue weighted by molar-refractivity contribution is 5.99. The molecule has 0 fully saturated rings. The predicted octanol–water partition coefficient (Wildman–Crippen LogP) is 4.23. The van der Waals surface area contributed by atoms with Crippen LogP contribution in [0, 0.1) is 13.8 Å². The van der Waals surface area contributed by atoms with Gasteiger partial charge in [-0.1, -0.05) is 12.1 Å². The molecular formula is C18H17NO2. The van der Waals surface area contributed by atoms with E-state index in [0.717, 1.165) is 38.9 Å². The smallest absolute Gasteiger partial charge is 0.129 e. The van der Waals surface area contributed by atoms with E-state index in [1.165, 1.54) is 0 Å². The summed E-state index contributed by atoms with van der Waals surface area (Å²) in [6.45, 7) is 3.90. The number of aromatic hydroxyl groups is 1. The van der Waals surface area contributed by atoms with Gasteiger partial charge in [0.25, 0.3) is 0 Å². The van der Waals surface area contributed by atoms with Crippen molar-refractivity contribution in [2.75, 3.05) is 7.11 Å². The van der Waals surface area contributed by atoms with E-state index in [4.69, 9.17) is 4.74 Å². The monoisotopic (exact) mass is 279 g/mol. The highest BCUT2D eigenvalue weighted by Crippen LogP contribution is 2.36. The van der Waals surface area contributed by atoms with Crippen molar-refractivity contribution in [2.45, 2.75) is 13.8 Å². The van der Waals surface area contributed by atoms with Gasteiger partial charge in [0.2, 0.25) is 0 Å². The Kier molecular flexibility index (Phi) is 3.26. The average molecular weight is 279 g/mol. The van der Waals surface area contributed by atoms with Crippen molar-refractivity contribution in [2.24, 2.45) is 0 Å². The number of methoxy groups -OCH3 is 1. The lowest BCUT2D eigenvalue weighted by atomic mass is 9.98. The van der Waals surface area contributed by atoms with E-state index in [1.807, 2.05) is 44.2 Å². The Balaban J connectivity index is 2.34. The standard InChI is InChI=1S/C18H17NO2/c1-11-8-15-18(17(9-11)21-3)14(6-7-19-15)13-5-4-12(2)16(20)10-13/h4-10,20H,1-3H3. The van der Waals surface area contributed by atoms with Crippen LogP contribution >= 0.6 is 0 Å². The number of hydrogen-bond acceptors (Lipinski definition) is 3. The second-order valence-corrected chi connectivity index (χ2v) is 5.22. The number of phenolic OH excluding ortho intramolecular Hbond substituents is 1. The fourth-order valence-electron chi connectivity index (χ4n) is 2.56. The molecule has 0 aliphatic heterocycles. The van der Waals surface area contributed by atoms with Crippen LogP contribution in [0.3, 0.4) is 0 Å². The summed E-state index contributed by atoms with van der Waals surface area (Å²) in [4.78, 5) is 4.43. The fraction of sp³-hybridized carbons (Fsp3) is 0.167. The Hall–Kier alpha value is -2.55. The molecule has 0 spiro atoms. The molecular weight excluding hydrogens is 262 g/mol. The lowest BCUT2D eigenvalue weighted by molar-refractivity contribution is 0.419. The molecule has 1 N–H and O–H groups in total. The summed E-state index contributed by atoms with van der Waals surface area (Å²) in [5.41, 5.74) is 4.82. The minimum atomic E-state index is 0.295. The Bertz CT molecular complexity index is 825. The zero-order valence-electron chi connectivity index (χ0n) is 12.3. The summed E-state index contributed by atoms with van der Waals surface area (Å²) in [6.07, 6.45) is 1.79. The number of rotatable bonds is 2. The van der Waals surface area contributed by atoms with Crippen LogP contribution in [-0.2, 0) is 0 Å². The summed E-state index contributed by atoms with van der Waals surface area (Å²) >= 11 is 0. The molecule has 21 heavy (non-hydrogen) atoms. The third-order valence-electron chi connectivity index (χ3n) is 3.69. The van der Waals surface area contributed by atoms with Crippen LogP contribution < -0.4 is 4.74 Å². The molecule has 0 amide bonds. The van der Waals surface area contributed by atoms with Crippen LogP contribution in [0.1, 0.15) is 11.1 Å². The number of nitrogens with zero attached hydrogens (tertiary/aromatic N) is 1. The Labute approximate surface area is 123 Å². The van der Waals surface area contributed by atoms with Crippen LogP contribution in [0.5, 0.6) is 11.5 Å². The minimum absolute atomic E-state index is 0.295. The van der Waals surface area contributed by atoms with Gasteiger partial charge in [0, 0.05) is 6.20 Å². The van der Waals surface area contributed by atoms with E-state index in [0.29, 0.717) is 5.75 Å². The maximum Gasteiger partial charge on any atom is 0.129 e. The number of ether oxygens (including phenoxy) is 1. The van der Waals surface area contributed by atoms with Crippen LogP contribution in [0.2, 0.25) is 0 Å². The third-order valence-corrected chi connectivity index (χ3v) is 3.69. The van der Waals surface area contributed by atoms with Gasteiger partial charge in [0.05, 0.1) is 18.0 Å². The first kappa shape index (κ1) is 13.4. The molecule has 0 bridgehead atoms. The van der Waals surface area contributed by atoms with Crippen LogP contribution in [0.4, 0.5) is 0 Å². The van der Waals surface area contributed by atoms with E-state index < -0.39 is 0 Å². The molecule has 3 heteroatoms. The molecule has 0 unspecified atom stereocenters. The average Bonchev–Trinajstić information content (AvgIpc) is 2.48. The predicted molar refractivity (Wildman–Crippen MR) is 84.9 cm³/mol. The van der Waals surface area contributed by atoms with Gasteiger partial charge in [-0.15, -0.1) is 0 Å². The molecule has 3 nitrogen and oxygen atoms in total. The van der Waals surface area contributed by atoms with Crippen molar-refractivity contribution in [1.29, 1.82) is 0 Å². The van der Waals surface area contributed by atoms with Gasteiger partial charge in [0.15, 0.2) is 0 Å². The number of benzene rings is 2. The Morgan fingerprint density at radius 3 is 2.57 bits per heavy atom. The summed E-state index contributed by atoms with van der Waals surface area (Å²) in [5.74, 6) is 1.09. The van der Waals surface area contributed by atoms with Crippen LogP contribution in [0.15, 0.2) is 42.6 Å². The molecule has 106 valence electrons. The first-order chi connectivity index (χ1) is 10.1. The summed E-state index contributed by atoms with van der Waals surface area (Å²) in [7, 11) is 1.66. The SMILES string of the molecule is COc1cc(C)cc2nccc(-c3ccc(C)c(O)c3)c12. The second-order valence-electron chi connectivity index (χ2n) is 5.22. The third kappa shape index (κ3) is 2.31. The highest BCUT2D eigenvalue weighted by atomic mass is 16.5. The van der Waals surface area contributed by atoms with Gasteiger partial charge in [-0.2, -0.15) is 0 Å². The zero-order valence-corrected chi connectivity index (χ0v) is 12.3. The molecule has 3 aromatic rings. The number of aromatic nitrogens is 1. The largest absolute Gasteiger partial charge is 0.508 e. The van der Waals surface area contributed by atoms with Crippen molar-refractivity contribution in [3.63, 3.8) is 0 Å². The Morgan fingerprint density at radius 1 is 1.05 bits per heavy atom. The van der Waals surface area contributed by atoms with E-state index in [2.05, 4.69) is 4.98 Å². The molecule has 0 radical (unpaired) electrons. The van der Waals surface area contributed by atoms with Crippen molar-refractivity contribution < 1.29 is 9.84 Å². The molecule has 0 saturated carbocycles. The lowest BCUT2D eigenvalue weighted by Crippen LogP contribution is -1.91. The molecule has 2 aromatic carbocycles. The van der Waals surface area contributed by atoms with E-state index in [-0.39, 0.29) is 0 Å². The van der Waals surface area contributed by atoms with Gasteiger partial charge in [-0.25, -0.2) is 0 Å². The molecule has 1 aromatic heterocycles. The van der Waals surface area contributed by atoms with E-state index in [1.54, 1.807) is 19.4 Å². The number of pyridine rings is 1. The summed E-state index contributed by atoms with van der Waals surface area (Å²) < 4.78 is 5.52. The molecule has 1 heterocycles. The molecule has 0 atom stereocenters. The van der Waals surface area contributed by atoms with Gasteiger partial charge in [0.1, 0.15) is 11.5 Å². The van der Waals surface area contributed by atoms with Gasteiger partial charge < -0.3 is 9.84 Å². The number of phenols is 1. The topological polar surface area (TPSA) is 42.4 Å². The second kappa shape index (κ2) is 5.09. The van der Waals surface area contributed by atoms with Crippen molar-refractivity contribution in [3.8, 4) is 22.6 Å². The molecule has 0 aliphatic rings. The van der Waals surface area contributed by atoms with Gasteiger partial charge in [-0.3, -0.25) is 4.98 Å². The maximum absolute atomic E-state index is 9.96. The van der Waals surface area contributed by atoms with Crippen molar-refractivity contribution >= 4 is 10.9 Å². The molecule has 0 aliphatic carbocycles. The lowest BCUT2D eigenvalue weighted by Gasteiger charge is -2.12. The number of aryl methyl sites for hydroxylation is 2. The fourth-order valence-corrected chi connectivity index (χ4v) is 2.56.